The highest BCUT2D eigenvalue weighted by molar-refractivity contribution is 8.00. The van der Waals surface area contributed by atoms with E-state index in [0.717, 1.165) is 5.56 Å². The molecule has 1 saturated heterocycles. The predicted molar refractivity (Wildman–Crippen MR) is 88.5 cm³/mol. The lowest BCUT2D eigenvalue weighted by Crippen LogP contribution is -2.12. The Morgan fingerprint density at radius 3 is 2.75 bits per heavy atom. The zero-order valence-corrected chi connectivity index (χ0v) is 13.6. The van der Waals surface area contributed by atoms with Crippen LogP contribution in [0.25, 0.3) is 11.6 Å². The minimum atomic E-state index is -0.229. The third-order valence-corrected chi connectivity index (χ3v) is 5.00. The van der Waals surface area contributed by atoms with Gasteiger partial charge in [0.2, 0.25) is 5.82 Å². The minimum absolute atomic E-state index is 0.186. The lowest BCUT2D eigenvalue weighted by molar-refractivity contribution is -0.137. The molecule has 3 aromatic rings. The van der Waals surface area contributed by atoms with E-state index in [-0.39, 0.29) is 11.2 Å². The van der Waals surface area contributed by atoms with Crippen LogP contribution in [0.4, 0.5) is 0 Å². The quantitative estimate of drug-likeness (QED) is 0.665. The van der Waals surface area contributed by atoms with Gasteiger partial charge in [0.05, 0.1) is 19.4 Å². The minimum Gasteiger partial charge on any atom is -0.465 e. The van der Waals surface area contributed by atoms with Crippen LogP contribution in [0.1, 0.15) is 12.0 Å². The number of esters is 1. The lowest BCUT2D eigenvalue weighted by atomic mass is 10.2. The third kappa shape index (κ3) is 2.94. The third-order valence-electron chi connectivity index (χ3n) is 3.78. The number of rotatable bonds is 5. The van der Waals surface area contributed by atoms with Crippen molar-refractivity contribution >= 4 is 17.7 Å². The van der Waals surface area contributed by atoms with Gasteiger partial charge in [-0.15, -0.1) is 10.2 Å². The van der Waals surface area contributed by atoms with E-state index in [4.69, 9.17) is 9.15 Å². The van der Waals surface area contributed by atoms with Gasteiger partial charge >= 0.3 is 5.97 Å². The van der Waals surface area contributed by atoms with Crippen molar-refractivity contribution in [2.75, 3.05) is 6.61 Å². The highest BCUT2D eigenvalue weighted by Gasteiger charge is 2.30. The van der Waals surface area contributed by atoms with Crippen LogP contribution >= 0.6 is 11.8 Å². The van der Waals surface area contributed by atoms with Crippen molar-refractivity contribution in [1.29, 1.82) is 0 Å². The zero-order chi connectivity index (χ0) is 16.4. The topological polar surface area (TPSA) is 70.2 Å². The smallest absolute Gasteiger partial charge is 0.319 e. The summed E-state index contributed by atoms with van der Waals surface area (Å²) in [4.78, 5) is 11.8. The number of aromatic nitrogens is 3. The Morgan fingerprint density at radius 2 is 2.04 bits per heavy atom. The molecule has 1 fully saturated rings. The summed E-state index contributed by atoms with van der Waals surface area (Å²) in [7, 11) is 0. The molecular weight excluding hydrogens is 326 g/mol. The molecular formula is C17H15N3O3S. The van der Waals surface area contributed by atoms with Crippen molar-refractivity contribution in [2.24, 2.45) is 0 Å². The average Bonchev–Trinajstić information content (AvgIpc) is 3.32. The summed E-state index contributed by atoms with van der Waals surface area (Å²) in [6.07, 6.45) is 2.30. The molecule has 0 saturated carbocycles. The molecule has 1 aliphatic rings. The van der Waals surface area contributed by atoms with Gasteiger partial charge in [0, 0.05) is 6.42 Å². The van der Waals surface area contributed by atoms with Crippen molar-refractivity contribution in [1.82, 2.24) is 14.8 Å². The number of carbonyl (C=O) groups is 1. The summed E-state index contributed by atoms with van der Waals surface area (Å²) in [5, 5.41) is 9.00. The van der Waals surface area contributed by atoms with E-state index in [1.807, 2.05) is 47.0 Å². The van der Waals surface area contributed by atoms with Gasteiger partial charge in [-0.3, -0.25) is 9.36 Å². The summed E-state index contributed by atoms with van der Waals surface area (Å²) in [5.74, 6) is 1.12. The van der Waals surface area contributed by atoms with Gasteiger partial charge in [-0.2, -0.15) is 0 Å². The number of carbonyl (C=O) groups excluding carboxylic acids is 1. The van der Waals surface area contributed by atoms with E-state index in [1.54, 1.807) is 6.26 Å². The molecule has 0 aliphatic carbocycles. The Hall–Kier alpha value is -2.54. The molecule has 0 bridgehead atoms. The van der Waals surface area contributed by atoms with Crippen molar-refractivity contribution in [2.45, 2.75) is 23.4 Å². The Labute approximate surface area is 142 Å². The molecule has 2 aromatic heterocycles. The van der Waals surface area contributed by atoms with Gasteiger partial charge in [0.15, 0.2) is 10.9 Å². The number of benzene rings is 1. The predicted octanol–water partition coefficient (Wildman–Crippen LogP) is 2.99. The second-order valence-electron chi connectivity index (χ2n) is 5.42. The first-order valence-corrected chi connectivity index (χ1v) is 8.53. The van der Waals surface area contributed by atoms with Crippen molar-refractivity contribution in [3.05, 3.63) is 54.3 Å². The zero-order valence-electron chi connectivity index (χ0n) is 12.8. The molecule has 0 amide bonds. The fourth-order valence-electron chi connectivity index (χ4n) is 2.58. The molecule has 0 radical (unpaired) electrons. The Balaban J connectivity index is 1.69. The summed E-state index contributed by atoms with van der Waals surface area (Å²) >= 11 is 1.40. The SMILES string of the molecule is O=C1OCC[C@H]1Sc1nnc(-c2ccco2)n1Cc1ccccc1. The fourth-order valence-corrected chi connectivity index (χ4v) is 3.58. The first-order valence-electron chi connectivity index (χ1n) is 7.65. The molecule has 7 heteroatoms. The van der Waals surface area contributed by atoms with Crippen LogP contribution in [0.15, 0.2) is 58.3 Å². The second kappa shape index (κ2) is 6.52. The molecule has 3 heterocycles. The number of hydrogen-bond acceptors (Lipinski definition) is 6. The van der Waals surface area contributed by atoms with E-state index in [9.17, 15) is 4.79 Å². The number of furan rings is 1. The second-order valence-corrected chi connectivity index (χ2v) is 6.59. The maximum Gasteiger partial charge on any atom is 0.319 e. The van der Waals surface area contributed by atoms with E-state index in [0.29, 0.717) is 36.3 Å². The van der Waals surface area contributed by atoms with Crippen LogP contribution in [0.2, 0.25) is 0 Å². The summed E-state index contributed by atoms with van der Waals surface area (Å²) in [6.45, 7) is 1.07. The van der Waals surface area contributed by atoms with E-state index < -0.39 is 0 Å². The van der Waals surface area contributed by atoms with Crippen LogP contribution in [0.5, 0.6) is 0 Å². The number of cyclic esters (lactones) is 1. The van der Waals surface area contributed by atoms with Gasteiger partial charge in [-0.25, -0.2) is 0 Å². The van der Waals surface area contributed by atoms with E-state index >= 15 is 0 Å². The van der Waals surface area contributed by atoms with E-state index in [1.165, 1.54) is 11.8 Å². The maximum absolute atomic E-state index is 11.8. The Kier molecular flexibility index (Phi) is 4.08. The van der Waals surface area contributed by atoms with Crippen LogP contribution in [-0.4, -0.2) is 32.6 Å². The fraction of sp³-hybridized carbons (Fsp3) is 0.235. The molecule has 4 rings (SSSR count). The van der Waals surface area contributed by atoms with Crippen molar-refractivity contribution in [3.63, 3.8) is 0 Å². The number of ether oxygens (including phenoxy) is 1. The molecule has 0 spiro atoms. The molecule has 1 aromatic carbocycles. The molecule has 122 valence electrons. The maximum atomic E-state index is 11.8. The largest absolute Gasteiger partial charge is 0.465 e. The van der Waals surface area contributed by atoms with E-state index in [2.05, 4.69) is 10.2 Å². The van der Waals surface area contributed by atoms with Gasteiger partial charge in [-0.05, 0) is 17.7 Å². The molecule has 6 nitrogen and oxygen atoms in total. The highest BCUT2D eigenvalue weighted by atomic mass is 32.2. The molecule has 1 aliphatic heterocycles. The lowest BCUT2D eigenvalue weighted by Gasteiger charge is -2.10. The molecule has 0 unspecified atom stereocenters. The van der Waals surface area contributed by atoms with Crippen LogP contribution in [-0.2, 0) is 16.1 Å². The standard InChI is InChI=1S/C17H15N3O3S/c21-16-14(8-10-23-16)24-17-19-18-15(13-7-4-9-22-13)20(17)11-12-5-2-1-3-6-12/h1-7,9,14H,8,10-11H2/t14-/m1/s1. The number of hydrogen-bond donors (Lipinski definition) is 0. The summed E-state index contributed by atoms with van der Waals surface area (Å²) in [6, 6.07) is 13.7. The molecule has 1 atom stereocenters. The summed E-state index contributed by atoms with van der Waals surface area (Å²) in [5.41, 5.74) is 1.13. The van der Waals surface area contributed by atoms with Gasteiger partial charge in [-0.1, -0.05) is 42.1 Å². The number of nitrogens with zero attached hydrogens (tertiary/aromatic N) is 3. The van der Waals surface area contributed by atoms with Crippen molar-refractivity contribution < 1.29 is 13.9 Å². The van der Waals surface area contributed by atoms with Crippen LogP contribution < -0.4 is 0 Å². The monoisotopic (exact) mass is 341 g/mol. The van der Waals surface area contributed by atoms with Gasteiger partial charge in [0.25, 0.3) is 0 Å². The highest BCUT2D eigenvalue weighted by Crippen LogP contribution is 2.31. The molecule has 0 N–H and O–H groups in total. The van der Waals surface area contributed by atoms with Crippen molar-refractivity contribution in [3.8, 4) is 11.6 Å². The normalized spacial score (nSPS) is 17.2. The number of thioether (sulfide) groups is 1. The Bertz CT molecular complexity index is 830. The first-order chi connectivity index (χ1) is 11.8. The summed E-state index contributed by atoms with van der Waals surface area (Å²) < 4.78 is 12.5. The van der Waals surface area contributed by atoms with Crippen LogP contribution in [0, 0.1) is 0 Å². The van der Waals surface area contributed by atoms with Gasteiger partial charge in [0.1, 0.15) is 5.25 Å². The average molecular weight is 341 g/mol. The Morgan fingerprint density at radius 1 is 1.17 bits per heavy atom. The van der Waals surface area contributed by atoms with Gasteiger partial charge < -0.3 is 9.15 Å². The van der Waals surface area contributed by atoms with Crippen LogP contribution in [0.3, 0.4) is 0 Å². The first kappa shape index (κ1) is 15.0. The molecule has 24 heavy (non-hydrogen) atoms.